The van der Waals surface area contributed by atoms with Gasteiger partial charge in [0.2, 0.25) is 0 Å². The zero-order chi connectivity index (χ0) is 22.9. The first-order valence-corrected chi connectivity index (χ1v) is 18.7. The molecular formula is C31H32Si2. The summed E-state index contributed by atoms with van der Waals surface area (Å²) in [6.07, 6.45) is 1.14. The Hall–Kier alpha value is -2.95. The van der Waals surface area contributed by atoms with E-state index in [0.29, 0.717) is 0 Å². The molecule has 0 amide bonds. The number of benzene rings is 5. The molecule has 0 saturated heterocycles. The highest BCUT2D eigenvalue weighted by atomic mass is 29.3. The maximum absolute atomic E-state index is 2.65. The third-order valence-corrected chi connectivity index (χ3v) is 25.7. The summed E-state index contributed by atoms with van der Waals surface area (Å²) in [6, 6.07) is 44.3. The van der Waals surface area contributed by atoms with Gasteiger partial charge in [0.25, 0.3) is 0 Å². The Labute approximate surface area is 199 Å². The van der Waals surface area contributed by atoms with E-state index in [1.54, 1.807) is 10.4 Å². The lowest BCUT2D eigenvalue weighted by Crippen LogP contribution is -2.72. The van der Waals surface area contributed by atoms with Gasteiger partial charge in [-0.2, -0.15) is 0 Å². The van der Waals surface area contributed by atoms with E-state index in [1.807, 2.05) is 0 Å². The molecule has 0 radical (unpaired) electrons. The van der Waals surface area contributed by atoms with Crippen LogP contribution in [0.5, 0.6) is 0 Å². The Bertz CT molecular complexity index is 1290. The van der Waals surface area contributed by atoms with Gasteiger partial charge in [0.05, 0.1) is 7.59 Å². The first-order valence-electron chi connectivity index (χ1n) is 12.0. The SMILES string of the molecule is C[Si](C)(CCc1c2ccccc2cc2ccccc12)[Si](C)(c1ccccc1)c1ccccc1. The quantitative estimate of drug-likeness (QED) is 0.185. The van der Waals surface area contributed by atoms with Crippen molar-refractivity contribution in [3.8, 4) is 0 Å². The van der Waals surface area contributed by atoms with Crippen molar-refractivity contribution in [3.05, 3.63) is 121 Å². The van der Waals surface area contributed by atoms with Crippen molar-refractivity contribution < 1.29 is 0 Å². The number of hydrogen-bond acceptors (Lipinski definition) is 0. The second-order valence-corrected chi connectivity index (χ2v) is 24.8. The van der Waals surface area contributed by atoms with Gasteiger partial charge in [0, 0.05) is 0 Å². The Morgan fingerprint density at radius 2 is 0.939 bits per heavy atom. The van der Waals surface area contributed by atoms with Crippen molar-refractivity contribution in [2.75, 3.05) is 0 Å². The molecular weight excluding hydrogens is 429 g/mol. The molecule has 0 bridgehead atoms. The minimum Gasteiger partial charge on any atom is -0.0707 e. The molecule has 0 unspecified atom stereocenters. The number of aryl methyl sites for hydroxylation is 1. The van der Waals surface area contributed by atoms with Crippen molar-refractivity contribution >= 4 is 47.1 Å². The van der Waals surface area contributed by atoms with Crippen molar-refractivity contribution in [3.63, 3.8) is 0 Å². The molecule has 0 saturated carbocycles. The Morgan fingerprint density at radius 1 is 0.515 bits per heavy atom. The van der Waals surface area contributed by atoms with Gasteiger partial charge < -0.3 is 0 Å². The highest BCUT2D eigenvalue weighted by Gasteiger charge is 2.47. The van der Waals surface area contributed by atoms with Crippen LogP contribution in [-0.4, -0.2) is 15.2 Å². The fourth-order valence-corrected chi connectivity index (χ4v) is 18.1. The summed E-state index contributed by atoms with van der Waals surface area (Å²) in [5.74, 6) is 0. The lowest BCUT2D eigenvalue weighted by atomic mass is 9.95. The first kappa shape index (κ1) is 21.9. The average Bonchev–Trinajstić information content (AvgIpc) is 2.87. The van der Waals surface area contributed by atoms with Crippen LogP contribution in [0.15, 0.2) is 115 Å². The van der Waals surface area contributed by atoms with Crippen LogP contribution in [0.1, 0.15) is 5.56 Å². The predicted molar refractivity (Wildman–Crippen MR) is 151 cm³/mol. The van der Waals surface area contributed by atoms with E-state index in [0.717, 1.165) is 6.42 Å². The summed E-state index contributed by atoms with van der Waals surface area (Å²) in [6.45, 7) is 7.92. The van der Waals surface area contributed by atoms with E-state index in [4.69, 9.17) is 0 Å². The fraction of sp³-hybridized carbons (Fsp3) is 0.161. The van der Waals surface area contributed by atoms with Crippen LogP contribution in [-0.2, 0) is 6.42 Å². The highest BCUT2D eigenvalue weighted by Crippen LogP contribution is 2.32. The highest BCUT2D eigenvalue weighted by molar-refractivity contribution is 7.50. The zero-order valence-corrected chi connectivity index (χ0v) is 21.9. The minimum absolute atomic E-state index is 1.14. The van der Waals surface area contributed by atoms with Gasteiger partial charge in [0.1, 0.15) is 7.59 Å². The van der Waals surface area contributed by atoms with Crippen LogP contribution in [0.2, 0.25) is 25.7 Å². The van der Waals surface area contributed by atoms with Crippen molar-refractivity contribution in [2.45, 2.75) is 32.1 Å². The van der Waals surface area contributed by atoms with E-state index >= 15 is 0 Å². The molecule has 5 aromatic rings. The van der Waals surface area contributed by atoms with Crippen LogP contribution < -0.4 is 10.4 Å². The Morgan fingerprint density at radius 3 is 1.42 bits per heavy atom. The van der Waals surface area contributed by atoms with E-state index in [9.17, 15) is 0 Å². The largest absolute Gasteiger partial charge is 0.107 e. The standard InChI is InChI=1S/C31H32Si2/c1-32(2,33(3,27-16-6-4-7-17-27)28-18-8-5-9-19-28)23-22-31-29-20-12-10-14-25(29)24-26-15-11-13-21-30(26)31/h4-21,24H,22-23H2,1-3H3. The van der Waals surface area contributed by atoms with Gasteiger partial charge >= 0.3 is 0 Å². The lowest BCUT2D eigenvalue weighted by molar-refractivity contribution is 1.13. The molecule has 0 aliphatic heterocycles. The molecule has 0 heterocycles. The topological polar surface area (TPSA) is 0 Å². The number of fused-ring (bicyclic) bond motifs is 2. The predicted octanol–water partition coefficient (Wildman–Crippen LogP) is 7.22. The molecule has 0 aliphatic carbocycles. The third kappa shape index (κ3) is 3.88. The van der Waals surface area contributed by atoms with Crippen LogP contribution in [0.3, 0.4) is 0 Å². The Kier molecular flexibility index (Phi) is 5.82. The molecule has 0 atom stereocenters. The lowest BCUT2D eigenvalue weighted by Gasteiger charge is -2.42. The number of rotatable bonds is 6. The fourth-order valence-electron chi connectivity index (χ4n) is 5.56. The van der Waals surface area contributed by atoms with E-state index in [2.05, 4.69) is 135 Å². The summed E-state index contributed by atoms with van der Waals surface area (Å²) in [5.41, 5.74) is 1.53. The Balaban J connectivity index is 1.60. The first-order chi connectivity index (χ1) is 16.0. The van der Waals surface area contributed by atoms with Gasteiger partial charge in [-0.05, 0) is 39.6 Å². The smallest absolute Gasteiger partial charge is 0.0707 e. The van der Waals surface area contributed by atoms with Crippen LogP contribution in [0, 0.1) is 0 Å². The van der Waals surface area contributed by atoms with Crippen LogP contribution in [0.25, 0.3) is 21.5 Å². The van der Waals surface area contributed by atoms with Gasteiger partial charge in [-0.25, -0.2) is 0 Å². The molecule has 0 fully saturated rings. The molecule has 164 valence electrons. The monoisotopic (exact) mass is 460 g/mol. The summed E-state index contributed by atoms with van der Waals surface area (Å²) in [7, 11) is -3.54. The molecule has 0 aromatic heterocycles. The van der Waals surface area contributed by atoms with Crippen molar-refractivity contribution in [1.82, 2.24) is 0 Å². The molecule has 5 rings (SSSR count). The molecule has 5 aromatic carbocycles. The summed E-state index contributed by atoms with van der Waals surface area (Å²) in [4.78, 5) is 0. The molecule has 0 spiro atoms. The van der Waals surface area contributed by atoms with Crippen LogP contribution in [0.4, 0.5) is 0 Å². The molecule has 33 heavy (non-hydrogen) atoms. The number of hydrogen-bond donors (Lipinski definition) is 0. The van der Waals surface area contributed by atoms with E-state index in [1.165, 1.54) is 33.2 Å². The van der Waals surface area contributed by atoms with E-state index < -0.39 is 15.2 Å². The molecule has 0 aliphatic rings. The maximum Gasteiger partial charge on any atom is 0.107 e. The maximum atomic E-state index is 2.65. The second-order valence-electron chi connectivity index (χ2n) is 10.0. The summed E-state index contributed by atoms with van der Waals surface area (Å²) >= 11 is 0. The van der Waals surface area contributed by atoms with Gasteiger partial charge in [-0.15, -0.1) is 0 Å². The second kappa shape index (κ2) is 8.77. The van der Waals surface area contributed by atoms with Crippen LogP contribution >= 0.6 is 0 Å². The minimum atomic E-state index is -1.88. The van der Waals surface area contributed by atoms with Gasteiger partial charge in [-0.1, -0.05) is 145 Å². The third-order valence-electron chi connectivity index (χ3n) is 7.94. The van der Waals surface area contributed by atoms with Gasteiger partial charge in [0.15, 0.2) is 0 Å². The van der Waals surface area contributed by atoms with Crippen molar-refractivity contribution in [2.24, 2.45) is 0 Å². The molecule has 0 nitrogen and oxygen atoms in total. The molecule has 2 heteroatoms. The zero-order valence-electron chi connectivity index (χ0n) is 19.9. The summed E-state index contributed by atoms with van der Waals surface area (Å²) in [5, 5.41) is 8.72. The summed E-state index contributed by atoms with van der Waals surface area (Å²) < 4.78 is 0. The average molecular weight is 461 g/mol. The molecule has 0 N–H and O–H groups in total. The normalized spacial score (nSPS) is 12.3. The van der Waals surface area contributed by atoms with Crippen molar-refractivity contribution in [1.29, 1.82) is 0 Å². The van der Waals surface area contributed by atoms with Gasteiger partial charge in [-0.3, -0.25) is 0 Å². The van der Waals surface area contributed by atoms with E-state index in [-0.39, 0.29) is 0 Å².